The molecule has 0 saturated carbocycles. The van der Waals surface area contributed by atoms with Crippen molar-refractivity contribution in [3.63, 3.8) is 0 Å². The van der Waals surface area contributed by atoms with Crippen LogP contribution >= 0.6 is 0 Å². The van der Waals surface area contributed by atoms with Gasteiger partial charge in [-0.1, -0.05) is 18.2 Å². The second-order valence-corrected chi connectivity index (χ2v) is 6.46. The number of benzene rings is 1. The van der Waals surface area contributed by atoms with Crippen molar-refractivity contribution >= 4 is 11.6 Å². The van der Waals surface area contributed by atoms with Crippen molar-refractivity contribution in [2.45, 2.75) is 25.9 Å². The van der Waals surface area contributed by atoms with Gasteiger partial charge in [-0.15, -0.1) is 0 Å². The van der Waals surface area contributed by atoms with E-state index < -0.39 is 6.10 Å². The number of carbonyl (C=O) groups is 1. The van der Waals surface area contributed by atoms with Gasteiger partial charge in [0.25, 0.3) is 5.91 Å². The van der Waals surface area contributed by atoms with Crippen molar-refractivity contribution < 1.29 is 9.53 Å². The van der Waals surface area contributed by atoms with Crippen LogP contribution in [-0.2, 0) is 4.79 Å². The minimum absolute atomic E-state index is 0.0569. The molecular weight excluding hydrogens is 314 g/mol. The fourth-order valence-corrected chi connectivity index (χ4v) is 3.08. The van der Waals surface area contributed by atoms with Crippen LogP contribution in [0.4, 0.5) is 5.69 Å². The normalized spacial score (nSPS) is 16.3. The molecule has 132 valence electrons. The third-order valence-electron chi connectivity index (χ3n) is 4.62. The molecule has 1 atom stereocenters. The van der Waals surface area contributed by atoms with E-state index in [1.165, 1.54) is 5.69 Å². The van der Waals surface area contributed by atoms with E-state index in [4.69, 9.17) is 4.74 Å². The van der Waals surface area contributed by atoms with Gasteiger partial charge in [0.2, 0.25) is 0 Å². The molecule has 0 aliphatic carbocycles. The first kappa shape index (κ1) is 17.3. The van der Waals surface area contributed by atoms with Gasteiger partial charge in [0.1, 0.15) is 5.75 Å². The highest BCUT2D eigenvalue weighted by molar-refractivity contribution is 5.80. The van der Waals surface area contributed by atoms with E-state index in [9.17, 15) is 4.79 Å². The highest BCUT2D eigenvalue weighted by Crippen LogP contribution is 2.22. The number of nitrogens with one attached hydrogen (secondary N) is 1. The average Bonchev–Trinajstić information content (AvgIpc) is 2.68. The minimum Gasteiger partial charge on any atom is -0.481 e. The molecule has 2 heterocycles. The van der Waals surface area contributed by atoms with E-state index in [1.807, 2.05) is 42.6 Å². The van der Waals surface area contributed by atoms with E-state index in [0.717, 1.165) is 31.7 Å². The number of hydrogen-bond donors (Lipinski definition) is 1. The fourth-order valence-electron chi connectivity index (χ4n) is 3.08. The number of piperidine rings is 1. The molecule has 3 rings (SSSR count). The standard InChI is InChI=1S/C20H25N3O2/c1-16(25-19-7-3-2-4-8-19)20(24)22-14-17-9-12-23(13-10-17)18-6-5-11-21-15-18/h2-8,11,15-17H,9-10,12-14H2,1H3,(H,22,24). The summed E-state index contributed by atoms with van der Waals surface area (Å²) < 4.78 is 5.66. The SMILES string of the molecule is CC(Oc1ccccc1)C(=O)NCC1CCN(c2cccnc2)CC1. The largest absolute Gasteiger partial charge is 0.481 e. The Kier molecular flexibility index (Phi) is 5.88. The molecule has 1 fully saturated rings. The summed E-state index contributed by atoms with van der Waals surface area (Å²) in [6.45, 7) is 4.50. The van der Waals surface area contributed by atoms with E-state index in [-0.39, 0.29) is 5.91 Å². The molecule has 0 radical (unpaired) electrons. The molecule has 5 nitrogen and oxygen atoms in total. The van der Waals surface area contributed by atoms with Gasteiger partial charge in [-0.2, -0.15) is 0 Å². The van der Waals surface area contributed by atoms with Crippen molar-refractivity contribution in [3.8, 4) is 5.75 Å². The van der Waals surface area contributed by atoms with Gasteiger partial charge in [0.05, 0.1) is 11.9 Å². The number of carbonyl (C=O) groups excluding carboxylic acids is 1. The molecule has 1 aliphatic heterocycles. The molecule has 1 aliphatic rings. The Balaban J connectivity index is 1.40. The van der Waals surface area contributed by atoms with Crippen LogP contribution in [0, 0.1) is 5.92 Å². The van der Waals surface area contributed by atoms with Crippen molar-refractivity contribution in [1.29, 1.82) is 0 Å². The first-order chi connectivity index (χ1) is 12.2. The molecular formula is C20H25N3O2. The van der Waals surface area contributed by atoms with Crippen molar-refractivity contribution in [2.24, 2.45) is 5.92 Å². The number of para-hydroxylation sites is 1. The van der Waals surface area contributed by atoms with Crippen LogP contribution < -0.4 is 15.0 Å². The van der Waals surface area contributed by atoms with Gasteiger partial charge in [0.15, 0.2) is 6.10 Å². The Labute approximate surface area is 149 Å². The molecule has 1 N–H and O–H groups in total. The highest BCUT2D eigenvalue weighted by Gasteiger charge is 2.21. The summed E-state index contributed by atoms with van der Waals surface area (Å²) in [6.07, 6.45) is 5.36. The summed E-state index contributed by atoms with van der Waals surface area (Å²) >= 11 is 0. The maximum Gasteiger partial charge on any atom is 0.260 e. The van der Waals surface area contributed by atoms with Crippen LogP contribution in [0.15, 0.2) is 54.9 Å². The molecule has 0 spiro atoms. The summed E-state index contributed by atoms with van der Waals surface area (Å²) in [7, 11) is 0. The van der Waals surface area contributed by atoms with E-state index in [1.54, 1.807) is 13.1 Å². The average molecular weight is 339 g/mol. The molecule has 2 aromatic rings. The zero-order valence-electron chi connectivity index (χ0n) is 14.6. The Bertz CT molecular complexity index is 655. The zero-order valence-corrected chi connectivity index (χ0v) is 14.6. The topological polar surface area (TPSA) is 54.5 Å². The second kappa shape index (κ2) is 8.51. The van der Waals surface area contributed by atoms with Gasteiger partial charge in [-0.3, -0.25) is 9.78 Å². The van der Waals surface area contributed by atoms with Crippen LogP contribution in [0.3, 0.4) is 0 Å². The summed E-state index contributed by atoms with van der Waals surface area (Å²) in [5.74, 6) is 1.18. The summed E-state index contributed by atoms with van der Waals surface area (Å²) in [4.78, 5) is 18.8. The lowest BCUT2D eigenvalue weighted by molar-refractivity contribution is -0.127. The van der Waals surface area contributed by atoms with E-state index in [2.05, 4.69) is 21.3 Å². The molecule has 25 heavy (non-hydrogen) atoms. The maximum atomic E-state index is 12.2. The molecule has 1 aromatic heterocycles. The molecule has 1 saturated heterocycles. The number of pyridine rings is 1. The first-order valence-electron chi connectivity index (χ1n) is 8.87. The van der Waals surface area contributed by atoms with Gasteiger partial charge in [-0.25, -0.2) is 0 Å². The Hall–Kier alpha value is -2.56. The summed E-state index contributed by atoms with van der Waals surface area (Å²) in [5, 5.41) is 3.03. The quantitative estimate of drug-likeness (QED) is 0.879. The first-order valence-corrected chi connectivity index (χ1v) is 8.87. The molecule has 5 heteroatoms. The number of anilines is 1. The number of aromatic nitrogens is 1. The predicted molar refractivity (Wildman–Crippen MR) is 98.7 cm³/mol. The van der Waals surface area contributed by atoms with Crippen molar-refractivity contribution in [3.05, 3.63) is 54.9 Å². The lowest BCUT2D eigenvalue weighted by Crippen LogP contribution is -2.42. The third kappa shape index (κ3) is 4.95. The monoisotopic (exact) mass is 339 g/mol. The number of ether oxygens (including phenoxy) is 1. The number of hydrogen-bond acceptors (Lipinski definition) is 4. The number of amides is 1. The van der Waals surface area contributed by atoms with Crippen LogP contribution in [0.5, 0.6) is 5.75 Å². The van der Waals surface area contributed by atoms with Crippen LogP contribution in [0.25, 0.3) is 0 Å². The molecule has 0 bridgehead atoms. The van der Waals surface area contributed by atoms with Crippen LogP contribution in [0.1, 0.15) is 19.8 Å². The van der Waals surface area contributed by atoms with E-state index in [0.29, 0.717) is 12.5 Å². The van der Waals surface area contributed by atoms with Crippen molar-refractivity contribution in [2.75, 3.05) is 24.5 Å². The molecule has 1 amide bonds. The third-order valence-corrected chi connectivity index (χ3v) is 4.62. The molecule has 1 unspecified atom stereocenters. The van der Waals surface area contributed by atoms with Crippen LogP contribution in [-0.4, -0.2) is 36.6 Å². The summed E-state index contributed by atoms with van der Waals surface area (Å²) in [5.41, 5.74) is 1.18. The smallest absolute Gasteiger partial charge is 0.260 e. The number of nitrogens with zero attached hydrogens (tertiary/aromatic N) is 2. The van der Waals surface area contributed by atoms with Gasteiger partial charge < -0.3 is 15.0 Å². The lowest BCUT2D eigenvalue weighted by atomic mass is 9.96. The Morgan fingerprint density at radius 1 is 1.24 bits per heavy atom. The zero-order chi connectivity index (χ0) is 17.5. The fraction of sp³-hybridized carbons (Fsp3) is 0.400. The van der Waals surface area contributed by atoms with Gasteiger partial charge in [0, 0.05) is 25.8 Å². The van der Waals surface area contributed by atoms with Gasteiger partial charge >= 0.3 is 0 Å². The van der Waals surface area contributed by atoms with Gasteiger partial charge in [-0.05, 0) is 49.9 Å². The summed E-state index contributed by atoms with van der Waals surface area (Å²) in [6, 6.07) is 13.5. The predicted octanol–water partition coefficient (Wildman–Crippen LogP) is 2.88. The van der Waals surface area contributed by atoms with Crippen LogP contribution in [0.2, 0.25) is 0 Å². The Morgan fingerprint density at radius 3 is 2.68 bits per heavy atom. The second-order valence-electron chi connectivity index (χ2n) is 6.46. The van der Waals surface area contributed by atoms with Crippen molar-refractivity contribution in [1.82, 2.24) is 10.3 Å². The Morgan fingerprint density at radius 2 is 2.00 bits per heavy atom. The molecule has 1 aromatic carbocycles. The van der Waals surface area contributed by atoms with E-state index >= 15 is 0 Å². The highest BCUT2D eigenvalue weighted by atomic mass is 16.5. The minimum atomic E-state index is -0.488. The number of rotatable bonds is 6. The maximum absolute atomic E-state index is 12.2. The lowest BCUT2D eigenvalue weighted by Gasteiger charge is -2.33.